The van der Waals surface area contributed by atoms with E-state index in [0.717, 1.165) is 90.4 Å². The first kappa shape index (κ1) is 27.4. The largest absolute Gasteiger partial charge is 0.385 e. The van der Waals surface area contributed by atoms with Crippen LogP contribution in [0.2, 0.25) is 0 Å². The smallest absolute Gasteiger partial charge is 0.239 e. The third-order valence-corrected chi connectivity index (χ3v) is 5.79. The van der Waals surface area contributed by atoms with Gasteiger partial charge in [0.1, 0.15) is 0 Å². The zero-order valence-electron chi connectivity index (χ0n) is 19.3. The number of hydrogen-bond donors (Lipinski definition) is 1. The van der Waals surface area contributed by atoms with Crippen LogP contribution in [0.1, 0.15) is 38.5 Å². The summed E-state index contributed by atoms with van der Waals surface area (Å²) in [5, 5.41) is 3.50. The second kappa shape index (κ2) is 15.2. The number of amides is 1. The summed E-state index contributed by atoms with van der Waals surface area (Å²) in [4.78, 5) is 23.1. The van der Waals surface area contributed by atoms with Crippen molar-refractivity contribution in [2.45, 2.75) is 50.7 Å². The molecular weight excluding hydrogens is 497 g/mol. The zero-order valence-corrected chi connectivity index (χ0v) is 21.6. The van der Waals surface area contributed by atoms with Gasteiger partial charge in [0, 0.05) is 67.6 Å². The molecule has 30 heavy (non-hydrogen) atoms. The lowest BCUT2D eigenvalue weighted by molar-refractivity contribution is -0.133. The fraction of sp³-hybridized carbons (Fsp3) is 0.905. The molecule has 0 aliphatic carbocycles. The number of nitrogens with zero attached hydrogens (tertiary/aromatic N) is 4. The van der Waals surface area contributed by atoms with Crippen molar-refractivity contribution in [1.29, 1.82) is 0 Å². The summed E-state index contributed by atoms with van der Waals surface area (Å²) in [6.45, 7) is 6.33. The first-order valence-corrected chi connectivity index (χ1v) is 11.1. The van der Waals surface area contributed by atoms with E-state index in [1.807, 2.05) is 21.1 Å². The molecule has 0 saturated carbocycles. The second-order valence-electron chi connectivity index (χ2n) is 8.16. The Labute approximate surface area is 199 Å². The Morgan fingerprint density at radius 2 is 1.87 bits per heavy atom. The van der Waals surface area contributed by atoms with Crippen LogP contribution in [0, 0.1) is 0 Å². The van der Waals surface area contributed by atoms with Crippen LogP contribution in [0.15, 0.2) is 4.99 Å². The Kier molecular flexibility index (Phi) is 13.9. The number of methoxy groups -OCH3 is 1. The molecule has 2 heterocycles. The van der Waals surface area contributed by atoms with E-state index in [1.54, 1.807) is 12.0 Å². The van der Waals surface area contributed by atoms with E-state index in [4.69, 9.17) is 9.47 Å². The van der Waals surface area contributed by atoms with E-state index in [9.17, 15) is 4.79 Å². The maximum atomic E-state index is 12.3. The number of halogens is 1. The Morgan fingerprint density at radius 1 is 1.13 bits per heavy atom. The van der Waals surface area contributed by atoms with Gasteiger partial charge in [0.25, 0.3) is 0 Å². The molecule has 0 aromatic carbocycles. The summed E-state index contributed by atoms with van der Waals surface area (Å²) in [6, 6.07) is 0.0622. The fourth-order valence-electron chi connectivity index (χ4n) is 4.17. The van der Waals surface area contributed by atoms with Crippen LogP contribution in [-0.4, -0.2) is 113 Å². The minimum absolute atomic E-state index is 0. The molecule has 9 heteroatoms. The SMILES string of the molecule is CN=C(NCCCN1CCCC1C(=O)N(C)C)N1CCC(OCCCOC)CC1.I. The lowest BCUT2D eigenvalue weighted by Gasteiger charge is -2.34. The summed E-state index contributed by atoms with van der Waals surface area (Å²) in [5.74, 6) is 1.21. The third kappa shape index (κ3) is 8.84. The molecule has 0 aromatic rings. The molecular formula is C21H42IN5O3. The first-order chi connectivity index (χ1) is 14.1. The van der Waals surface area contributed by atoms with E-state index in [-0.39, 0.29) is 35.9 Å². The molecule has 0 aromatic heterocycles. The molecule has 1 atom stereocenters. The van der Waals surface area contributed by atoms with Crippen molar-refractivity contribution >= 4 is 35.8 Å². The Hall–Kier alpha value is -0.650. The second-order valence-corrected chi connectivity index (χ2v) is 8.16. The van der Waals surface area contributed by atoms with Crippen LogP contribution in [-0.2, 0) is 14.3 Å². The molecule has 1 amide bonds. The summed E-state index contributed by atoms with van der Waals surface area (Å²) in [7, 11) is 7.27. The number of likely N-dealkylation sites (N-methyl/N-ethyl adjacent to an activating group) is 1. The average molecular weight is 540 g/mol. The van der Waals surface area contributed by atoms with Crippen LogP contribution in [0.3, 0.4) is 0 Å². The summed E-state index contributed by atoms with van der Waals surface area (Å²) in [6.07, 6.45) is 6.48. The van der Waals surface area contributed by atoms with Crippen molar-refractivity contribution in [2.24, 2.45) is 4.99 Å². The molecule has 2 aliphatic heterocycles. The molecule has 0 radical (unpaired) electrons. The van der Waals surface area contributed by atoms with Gasteiger partial charge in [-0.2, -0.15) is 0 Å². The predicted molar refractivity (Wildman–Crippen MR) is 132 cm³/mol. The van der Waals surface area contributed by atoms with E-state index in [2.05, 4.69) is 20.1 Å². The standard InChI is InChI=1S/C21H41N5O3.HI/c1-22-21(26-14-9-18(10-15-26)29-17-7-16-28-4)23-11-6-13-25-12-5-8-19(25)20(27)24(2)3;/h18-19H,5-17H2,1-4H3,(H,22,23);1H. The van der Waals surface area contributed by atoms with Crippen LogP contribution in [0.25, 0.3) is 0 Å². The molecule has 2 rings (SSSR count). The number of aliphatic imine (C=N–C) groups is 1. The van der Waals surface area contributed by atoms with Crippen molar-refractivity contribution in [3.63, 3.8) is 0 Å². The van der Waals surface area contributed by atoms with Crippen molar-refractivity contribution < 1.29 is 14.3 Å². The predicted octanol–water partition coefficient (Wildman–Crippen LogP) is 1.64. The monoisotopic (exact) mass is 539 g/mol. The fourth-order valence-corrected chi connectivity index (χ4v) is 4.17. The highest BCUT2D eigenvalue weighted by molar-refractivity contribution is 14.0. The minimum atomic E-state index is 0. The number of rotatable bonds is 10. The van der Waals surface area contributed by atoms with Gasteiger partial charge in [0.05, 0.1) is 12.1 Å². The van der Waals surface area contributed by atoms with Gasteiger partial charge in [-0.3, -0.25) is 14.7 Å². The quantitative estimate of drug-likeness (QED) is 0.197. The molecule has 1 N–H and O–H groups in total. The van der Waals surface area contributed by atoms with Crippen molar-refractivity contribution in [1.82, 2.24) is 20.0 Å². The maximum absolute atomic E-state index is 12.3. The van der Waals surface area contributed by atoms with E-state index in [0.29, 0.717) is 6.10 Å². The lowest BCUT2D eigenvalue weighted by Crippen LogP contribution is -2.48. The van der Waals surface area contributed by atoms with Gasteiger partial charge in [-0.1, -0.05) is 0 Å². The first-order valence-electron chi connectivity index (χ1n) is 11.1. The number of carbonyl (C=O) groups excluding carboxylic acids is 1. The molecule has 0 bridgehead atoms. The maximum Gasteiger partial charge on any atom is 0.239 e. The highest BCUT2D eigenvalue weighted by Gasteiger charge is 2.31. The topological polar surface area (TPSA) is 69.6 Å². The minimum Gasteiger partial charge on any atom is -0.385 e. The van der Waals surface area contributed by atoms with E-state index in [1.165, 1.54) is 0 Å². The summed E-state index contributed by atoms with van der Waals surface area (Å²) < 4.78 is 11.0. The molecule has 0 spiro atoms. The van der Waals surface area contributed by atoms with Gasteiger partial charge in [0.2, 0.25) is 5.91 Å². The van der Waals surface area contributed by atoms with Crippen LogP contribution in [0.4, 0.5) is 0 Å². The van der Waals surface area contributed by atoms with E-state index < -0.39 is 0 Å². The Balaban J connectivity index is 0.00000450. The number of ether oxygens (including phenoxy) is 2. The highest BCUT2D eigenvalue weighted by atomic mass is 127. The van der Waals surface area contributed by atoms with Crippen LogP contribution in [0.5, 0.6) is 0 Å². The number of guanidine groups is 1. The van der Waals surface area contributed by atoms with E-state index >= 15 is 0 Å². The average Bonchev–Trinajstić information content (AvgIpc) is 3.19. The molecule has 1 unspecified atom stereocenters. The lowest BCUT2D eigenvalue weighted by atomic mass is 10.1. The van der Waals surface area contributed by atoms with Gasteiger partial charge < -0.3 is 24.6 Å². The summed E-state index contributed by atoms with van der Waals surface area (Å²) >= 11 is 0. The van der Waals surface area contributed by atoms with Gasteiger partial charge in [-0.05, 0) is 45.1 Å². The molecule has 8 nitrogen and oxygen atoms in total. The number of nitrogens with one attached hydrogen (secondary N) is 1. The van der Waals surface area contributed by atoms with Gasteiger partial charge >= 0.3 is 0 Å². The van der Waals surface area contributed by atoms with Crippen LogP contribution >= 0.6 is 24.0 Å². The molecule has 2 aliphatic rings. The number of hydrogen-bond acceptors (Lipinski definition) is 5. The Morgan fingerprint density at radius 3 is 2.50 bits per heavy atom. The number of carbonyl (C=O) groups is 1. The molecule has 2 saturated heterocycles. The Bertz CT molecular complexity index is 513. The van der Waals surface area contributed by atoms with Crippen molar-refractivity contribution in [3.8, 4) is 0 Å². The number of piperidine rings is 1. The molecule has 176 valence electrons. The van der Waals surface area contributed by atoms with Gasteiger partial charge in [-0.25, -0.2) is 0 Å². The summed E-state index contributed by atoms with van der Waals surface area (Å²) in [5.41, 5.74) is 0. The van der Waals surface area contributed by atoms with Crippen molar-refractivity contribution in [2.75, 3.05) is 74.2 Å². The van der Waals surface area contributed by atoms with Gasteiger partial charge in [-0.15, -0.1) is 24.0 Å². The van der Waals surface area contributed by atoms with Gasteiger partial charge in [0.15, 0.2) is 5.96 Å². The molecule has 2 fully saturated rings. The normalized spacial score (nSPS) is 20.9. The zero-order chi connectivity index (χ0) is 21.1. The van der Waals surface area contributed by atoms with Crippen LogP contribution < -0.4 is 5.32 Å². The third-order valence-electron chi connectivity index (χ3n) is 5.79. The highest BCUT2D eigenvalue weighted by Crippen LogP contribution is 2.19. The van der Waals surface area contributed by atoms with Crippen molar-refractivity contribution in [3.05, 3.63) is 0 Å². The number of likely N-dealkylation sites (tertiary alicyclic amines) is 2.